The Kier molecular flexibility index (Phi) is 3.31. The third-order valence-electron chi connectivity index (χ3n) is 2.13. The second kappa shape index (κ2) is 4.90. The van der Waals surface area contributed by atoms with Crippen molar-refractivity contribution in [2.75, 3.05) is 6.26 Å². The number of aldehydes is 1. The largest absolute Gasteiger partial charge is 0.298 e. The minimum atomic E-state index is 0.654. The smallest absolute Gasteiger partial charge is 0.187 e. The van der Waals surface area contributed by atoms with Crippen LogP contribution in [0.1, 0.15) is 10.4 Å². The normalized spacial score (nSPS) is 10.1. The second-order valence-corrected chi connectivity index (χ2v) is 3.95. The summed E-state index contributed by atoms with van der Waals surface area (Å²) < 4.78 is 0. The second-order valence-electron chi connectivity index (χ2n) is 3.17. The van der Waals surface area contributed by atoms with E-state index in [1.807, 2.05) is 30.5 Å². The zero-order valence-electron chi connectivity index (χ0n) is 8.75. The molecule has 0 N–H and O–H groups in total. The van der Waals surface area contributed by atoms with Crippen LogP contribution >= 0.6 is 11.8 Å². The summed E-state index contributed by atoms with van der Waals surface area (Å²) >= 11 is 1.50. The summed E-state index contributed by atoms with van der Waals surface area (Å²) in [4.78, 5) is 19.2. The number of benzene rings is 1. The molecule has 1 aromatic heterocycles. The van der Waals surface area contributed by atoms with Gasteiger partial charge < -0.3 is 0 Å². The number of hydrogen-bond donors (Lipinski definition) is 0. The van der Waals surface area contributed by atoms with Crippen LogP contribution in [0.4, 0.5) is 0 Å². The van der Waals surface area contributed by atoms with Crippen molar-refractivity contribution in [1.29, 1.82) is 0 Å². The minimum absolute atomic E-state index is 0.654. The number of rotatable bonds is 3. The standard InChI is InChI=1S/C12H10N2OS/c1-16-12-13-6-5-11(14-12)10-4-2-3-9(7-10)8-15/h2-8H,1H3. The Bertz CT molecular complexity index is 514. The number of nitrogens with zero attached hydrogens (tertiary/aromatic N) is 2. The van der Waals surface area contributed by atoms with Crippen LogP contribution in [0.25, 0.3) is 11.3 Å². The molecule has 0 fully saturated rings. The van der Waals surface area contributed by atoms with Gasteiger partial charge in [0.2, 0.25) is 0 Å². The van der Waals surface area contributed by atoms with Crippen LogP contribution in [0.3, 0.4) is 0 Å². The van der Waals surface area contributed by atoms with Crippen molar-refractivity contribution < 1.29 is 4.79 Å². The molecule has 80 valence electrons. The Labute approximate surface area is 97.9 Å². The van der Waals surface area contributed by atoms with E-state index in [1.165, 1.54) is 11.8 Å². The van der Waals surface area contributed by atoms with Crippen LogP contribution in [0.15, 0.2) is 41.7 Å². The summed E-state index contributed by atoms with van der Waals surface area (Å²) in [6.45, 7) is 0. The first-order valence-corrected chi connectivity index (χ1v) is 5.98. The molecule has 0 bridgehead atoms. The van der Waals surface area contributed by atoms with Crippen molar-refractivity contribution in [3.8, 4) is 11.3 Å². The highest BCUT2D eigenvalue weighted by molar-refractivity contribution is 7.98. The SMILES string of the molecule is CSc1nccc(-c2cccc(C=O)c2)n1. The molecule has 1 aromatic carbocycles. The first kappa shape index (κ1) is 10.8. The summed E-state index contributed by atoms with van der Waals surface area (Å²) in [6, 6.07) is 9.20. The van der Waals surface area contributed by atoms with Crippen LogP contribution < -0.4 is 0 Å². The number of aromatic nitrogens is 2. The molecular formula is C12H10N2OS. The van der Waals surface area contributed by atoms with Gasteiger partial charge in [0.25, 0.3) is 0 Å². The molecule has 0 unspecified atom stereocenters. The topological polar surface area (TPSA) is 42.9 Å². The van der Waals surface area contributed by atoms with Crippen molar-refractivity contribution in [3.05, 3.63) is 42.1 Å². The quantitative estimate of drug-likeness (QED) is 0.462. The molecule has 0 amide bonds. The molecule has 0 aliphatic heterocycles. The van der Waals surface area contributed by atoms with Gasteiger partial charge in [-0.1, -0.05) is 30.0 Å². The fourth-order valence-corrected chi connectivity index (χ4v) is 1.73. The average molecular weight is 230 g/mol. The number of carbonyl (C=O) groups excluding carboxylic acids is 1. The van der Waals surface area contributed by atoms with Crippen molar-refractivity contribution in [2.45, 2.75) is 5.16 Å². The summed E-state index contributed by atoms with van der Waals surface area (Å²) in [7, 11) is 0. The molecule has 0 saturated carbocycles. The molecule has 16 heavy (non-hydrogen) atoms. The maximum absolute atomic E-state index is 10.7. The van der Waals surface area contributed by atoms with Crippen molar-refractivity contribution in [1.82, 2.24) is 9.97 Å². The molecule has 3 nitrogen and oxygen atoms in total. The summed E-state index contributed by atoms with van der Waals surface area (Å²) in [5.41, 5.74) is 2.42. The zero-order valence-corrected chi connectivity index (χ0v) is 9.57. The van der Waals surface area contributed by atoms with E-state index in [-0.39, 0.29) is 0 Å². The Hall–Kier alpha value is -1.68. The van der Waals surface area contributed by atoms with Crippen molar-refractivity contribution in [2.24, 2.45) is 0 Å². The van der Waals surface area contributed by atoms with Gasteiger partial charge in [-0.05, 0) is 18.4 Å². The lowest BCUT2D eigenvalue weighted by Gasteiger charge is -2.02. The highest BCUT2D eigenvalue weighted by Gasteiger charge is 2.02. The van der Waals surface area contributed by atoms with Gasteiger partial charge in [0, 0.05) is 17.3 Å². The number of carbonyl (C=O) groups is 1. The van der Waals surface area contributed by atoms with E-state index in [9.17, 15) is 4.79 Å². The fraction of sp³-hybridized carbons (Fsp3) is 0.0833. The van der Waals surface area contributed by atoms with E-state index in [0.717, 1.165) is 22.7 Å². The Morgan fingerprint density at radius 3 is 2.94 bits per heavy atom. The molecule has 0 aliphatic rings. The summed E-state index contributed by atoms with van der Waals surface area (Å²) in [5.74, 6) is 0. The van der Waals surface area contributed by atoms with E-state index < -0.39 is 0 Å². The van der Waals surface area contributed by atoms with Crippen molar-refractivity contribution >= 4 is 18.0 Å². The summed E-state index contributed by atoms with van der Waals surface area (Å²) in [6.07, 6.45) is 4.49. The van der Waals surface area contributed by atoms with Gasteiger partial charge >= 0.3 is 0 Å². The monoisotopic (exact) mass is 230 g/mol. The maximum Gasteiger partial charge on any atom is 0.187 e. The zero-order chi connectivity index (χ0) is 11.4. The predicted molar refractivity (Wildman–Crippen MR) is 64.6 cm³/mol. The first-order chi connectivity index (χ1) is 7.83. The molecule has 0 saturated heterocycles. The third-order valence-corrected chi connectivity index (χ3v) is 2.70. The maximum atomic E-state index is 10.7. The van der Waals surface area contributed by atoms with E-state index in [1.54, 1.807) is 12.3 Å². The predicted octanol–water partition coefficient (Wildman–Crippen LogP) is 2.68. The van der Waals surface area contributed by atoms with Gasteiger partial charge in [0.05, 0.1) is 5.69 Å². The van der Waals surface area contributed by atoms with Gasteiger partial charge in [-0.2, -0.15) is 0 Å². The van der Waals surface area contributed by atoms with E-state index in [0.29, 0.717) is 5.56 Å². The molecule has 0 aliphatic carbocycles. The molecule has 4 heteroatoms. The molecule has 2 rings (SSSR count). The molecule has 1 heterocycles. The third kappa shape index (κ3) is 2.28. The molecule has 0 spiro atoms. The minimum Gasteiger partial charge on any atom is -0.298 e. The van der Waals surface area contributed by atoms with Gasteiger partial charge in [0.15, 0.2) is 5.16 Å². The Morgan fingerprint density at radius 2 is 2.19 bits per heavy atom. The van der Waals surface area contributed by atoms with Gasteiger partial charge in [0.1, 0.15) is 6.29 Å². The lowest BCUT2D eigenvalue weighted by Crippen LogP contribution is -1.89. The summed E-state index contributed by atoms with van der Waals surface area (Å²) in [5, 5.41) is 0.731. The fourth-order valence-electron chi connectivity index (χ4n) is 1.37. The van der Waals surface area contributed by atoms with Crippen LogP contribution in [0.2, 0.25) is 0 Å². The highest BCUT2D eigenvalue weighted by atomic mass is 32.2. The molecule has 0 radical (unpaired) electrons. The number of hydrogen-bond acceptors (Lipinski definition) is 4. The Morgan fingerprint density at radius 1 is 1.31 bits per heavy atom. The molecule has 2 aromatic rings. The van der Waals surface area contributed by atoms with Gasteiger partial charge in [-0.25, -0.2) is 9.97 Å². The lowest BCUT2D eigenvalue weighted by molar-refractivity contribution is 0.112. The van der Waals surface area contributed by atoms with E-state index in [2.05, 4.69) is 9.97 Å². The van der Waals surface area contributed by atoms with E-state index in [4.69, 9.17) is 0 Å². The lowest BCUT2D eigenvalue weighted by atomic mass is 10.1. The van der Waals surface area contributed by atoms with Crippen LogP contribution in [0.5, 0.6) is 0 Å². The van der Waals surface area contributed by atoms with Crippen LogP contribution in [-0.2, 0) is 0 Å². The van der Waals surface area contributed by atoms with Crippen LogP contribution in [0, 0.1) is 0 Å². The van der Waals surface area contributed by atoms with Crippen LogP contribution in [-0.4, -0.2) is 22.5 Å². The van der Waals surface area contributed by atoms with E-state index >= 15 is 0 Å². The molecular weight excluding hydrogens is 220 g/mol. The van der Waals surface area contributed by atoms with Gasteiger partial charge in [-0.3, -0.25) is 4.79 Å². The first-order valence-electron chi connectivity index (χ1n) is 4.76. The van der Waals surface area contributed by atoms with Gasteiger partial charge in [-0.15, -0.1) is 0 Å². The average Bonchev–Trinajstić information content (AvgIpc) is 2.39. The highest BCUT2D eigenvalue weighted by Crippen LogP contribution is 2.19. The number of thioether (sulfide) groups is 1. The van der Waals surface area contributed by atoms with Crippen molar-refractivity contribution in [3.63, 3.8) is 0 Å². The Balaban J connectivity index is 2.45. The molecule has 0 atom stereocenters.